The van der Waals surface area contributed by atoms with Crippen LogP contribution in [0.2, 0.25) is 0 Å². The monoisotopic (exact) mass is 288 g/mol. The Balaban J connectivity index is 2.51. The molecule has 1 aliphatic rings. The molecule has 4 heteroatoms. The maximum absolute atomic E-state index is 12.7. The van der Waals surface area contributed by atoms with Gasteiger partial charge in [0.05, 0.1) is 6.61 Å². The van der Waals surface area contributed by atoms with E-state index in [9.17, 15) is 9.59 Å². The number of benzene rings is 1. The molecule has 0 spiro atoms. The summed E-state index contributed by atoms with van der Waals surface area (Å²) in [6.07, 6.45) is 4.39. The molecule has 112 valence electrons. The van der Waals surface area contributed by atoms with E-state index in [-0.39, 0.29) is 5.97 Å². The lowest BCUT2D eigenvalue weighted by molar-refractivity contribution is -0.161. The minimum absolute atomic E-state index is 0.296. The van der Waals surface area contributed by atoms with E-state index >= 15 is 0 Å². The second kappa shape index (κ2) is 6.57. The molecule has 0 fully saturated rings. The molecule has 0 heterocycles. The van der Waals surface area contributed by atoms with Crippen LogP contribution in [0.1, 0.15) is 32.3 Å². The fourth-order valence-corrected chi connectivity index (χ4v) is 2.80. The van der Waals surface area contributed by atoms with Crippen LogP contribution in [0.4, 0.5) is 0 Å². The summed E-state index contributed by atoms with van der Waals surface area (Å²) >= 11 is 0. The Morgan fingerprint density at radius 1 is 1.29 bits per heavy atom. The van der Waals surface area contributed by atoms with Gasteiger partial charge < -0.3 is 9.47 Å². The number of hydrogen-bond acceptors (Lipinski definition) is 4. The Bertz CT molecular complexity index is 535. The number of allylic oxidation sites excluding steroid dienone is 1. The van der Waals surface area contributed by atoms with Crippen molar-refractivity contribution < 1.29 is 19.1 Å². The van der Waals surface area contributed by atoms with Gasteiger partial charge >= 0.3 is 11.9 Å². The normalized spacial score (nSPS) is 24.4. The van der Waals surface area contributed by atoms with E-state index in [0.29, 0.717) is 13.0 Å². The molecule has 1 aromatic carbocycles. The third kappa shape index (κ3) is 2.99. The lowest BCUT2D eigenvalue weighted by atomic mass is 9.69. The van der Waals surface area contributed by atoms with Crippen LogP contribution in [0.15, 0.2) is 42.5 Å². The molecule has 0 N–H and O–H groups in total. The fraction of sp³-hybridized carbons (Fsp3) is 0.412. The van der Waals surface area contributed by atoms with Gasteiger partial charge in [0.15, 0.2) is 0 Å². The highest BCUT2D eigenvalue weighted by Crippen LogP contribution is 2.39. The fourth-order valence-electron chi connectivity index (χ4n) is 2.80. The highest BCUT2D eigenvalue weighted by Gasteiger charge is 2.50. The number of carbonyl (C=O) groups is 2. The number of esters is 2. The van der Waals surface area contributed by atoms with Crippen molar-refractivity contribution in [3.8, 4) is 0 Å². The van der Waals surface area contributed by atoms with Crippen molar-refractivity contribution in [3.63, 3.8) is 0 Å². The van der Waals surface area contributed by atoms with E-state index in [1.54, 1.807) is 13.0 Å². The first-order valence-corrected chi connectivity index (χ1v) is 7.18. The molecule has 2 atom stereocenters. The SMILES string of the molecule is CCOC(=O)C1(c2ccccc2)CCC=CC1OC(C)=O. The van der Waals surface area contributed by atoms with E-state index in [1.807, 2.05) is 36.4 Å². The van der Waals surface area contributed by atoms with Crippen molar-refractivity contribution in [2.75, 3.05) is 6.61 Å². The van der Waals surface area contributed by atoms with Crippen LogP contribution >= 0.6 is 0 Å². The highest BCUT2D eigenvalue weighted by atomic mass is 16.6. The van der Waals surface area contributed by atoms with Gasteiger partial charge in [0.1, 0.15) is 11.5 Å². The van der Waals surface area contributed by atoms with Crippen molar-refractivity contribution in [2.24, 2.45) is 0 Å². The molecular formula is C17H20O4. The summed E-state index contributed by atoms with van der Waals surface area (Å²) in [7, 11) is 0. The maximum atomic E-state index is 12.7. The average molecular weight is 288 g/mol. The molecule has 0 saturated heterocycles. The predicted octanol–water partition coefficient (Wildman–Crippen LogP) is 2.77. The topological polar surface area (TPSA) is 52.6 Å². The van der Waals surface area contributed by atoms with E-state index in [1.165, 1.54) is 6.92 Å². The third-order valence-electron chi connectivity index (χ3n) is 3.72. The third-order valence-corrected chi connectivity index (χ3v) is 3.72. The summed E-state index contributed by atoms with van der Waals surface area (Å²) in [5.41, 5.74) is -0.142. The zero-order chi connectivity index (χ0) is 15.3. The standard InChI is InChI=1S/C17H20O4/c1-3-20-16(19)17(14-9-5-4-6-10-14)12-8-7-11-15(17)21-13(2)18/h4-7,9-11,15H,3,8,12H2,1-2H3. The quantitative estimate of drug-likeness (QED) is 0.631. The minimum Gasteiger partial charge on any atom is -0.465 e. The molecule has 2 unspecified atom stereocenters. The summed E-state index contributed by atoms with van der Waals surface area (Å²) in [6, 6.07) is 9.40. The molecule has 0 bridgehead atoms. The summed E-state index contributed by atoms with van der Waals surface area (Å²) in [5.74, 6) is -0.747. The van der Waals surface area contributed by atoms with Crippen LogP contribution in [0.5, 0.6) is 0 Å². The van der Waals surface area contributed by atoms with Crippen LogP contribution in [0.25, 0.3) is 0 Å². The van der Waals surface area contributed by atoms with E-state index in [2.05, 4.69) is 0 Å². The smallest absolute Gasteiger partial charge is 0.320 e. The Kier molecular flexibility index (Phi) is 4.78. The van der Waals surface area contributed by atoms with Gasteiger partial charge in [-0.15, -0.1) is 0 Å². The van der Waals surface area contributed by atoms with Gasteiger partial charge in [-0.1, -0.05) is 36.4 Å². The molecule has 1 aromatic rings. The van der Waals surface area contributed by atoms with Gasteiger partial charge in [0, 0.05) is 6.92 Å². The Morgan fingerprint density at radius 2 is 2.00 bits per heavy atom. The first-order chi connectivity index (χ1) is 10.1. The summed E-state index contributed by atoms with van der Waals surface area (Å²) in [4.78, 5) is 24.1. The molecule has 1 aliphatic carbocycles. The van der Waals surface area contributed by atoms with E-state index in [0.717, 1.165) is 12.0 Å². The lowest BCUT2D eigenvalue weighted by Crippen LogP contribution is -2.50. The van der Waals surface area contributed by atoms with Crippen LogP contribution in [0.3, 0.4) is 0 Å². The van der Waals surface area contributed by atoms with Crippen LogP contribution in [-0.2, 0) is 24.5 Å². The van der Waals surface area contributed by atoms with Gasteiger partial charge in [-0.2, -0.15) is 0 Å². The molecule has 0 aliphatic heterocycles. The number of hydrogen-bond donors (Lipinski definition) is 0. The van der Waals surface area contributed by atoms with Crippen LogP contribution in [-0.4, -0.2) is 24.6 Å². The number of ether oxygens (including phenoxy) is 2. The lowest BCUT2D eigenvalue weighted by Gasteiger charge is -2.38. The molecule has 0 amide bonds. The zero-order valence-corrected chi connectivity index (χ0v) is 12.4. The van der Waals surface area contributed by atoms with Gasteiger partial charge in [-0.3, -0.25) is 9.59 Å². The predicted molar refractivity (Wildman–Crippen MR) is 78.7 cm³/mol. The highest BCUT2D eigenvalue weighted by molar-refractivity contribution is 5.85. The zero-order valence-electron chi connectivity index (χ0n) is 12.4. The Hall–Kier alpha value is -2.10. The second-order valence-electron chi connectivity index (χ2n) is 5.05. The van der Waals surface area contributed by atoms with Gasteiger partial charge in [-0.05, 0) is 31.4 Å². The molecule has 4 nitrogen and oxygen atoms in total. The molecule has 21 heavy (non-hydrogen) atoms. The molecular weight excluding hydrogens is 268 g/mol. The van der Waals surface area contributed by atoms with Crippen LogP contribution < -0.4 is 0 Å². The summed E-state index contributed by atoms with van der Waals surface area (Å²) < 4.78 is 10.7. The van der Waals surface area contributed by atoms with E-state index in [4.69, 9.17) is 9.47 Å². The van der Waals surface area contributed by atoms with Crippen LogP contribution in [0, 0.1) is 0 Å². The Morgan fingerprint density at radius 3 is 2.62 bits per heavy atom. The van der Waals surface area contributed by atoms with Gasteiger partial charge in [0.2, 0.25) is 0 Å². The van der Waals surface area contributed by atoms with Crippen molar-refractivity contribution >= 4 is 11.9 Å². The molecule has 0 saturated carbocycles. The van der Waals surface area contributed by atoms with Crippen molar-refractivity contribution in [3.05, 3.63) is 48.0 Å². The summed E-state index contributed by atoms with van der Waals surface area (Å²) in [6.45, 7) is 3.42. The first kappa shape index (κ1) is 15.3. The van der Waals surface area contributed by atoms with Gasteiger partial charge in [-0.25, -0.2) is 0 Å². The molecule has 0 aromatic heterocycles. The number of carbonyl (C=O) groups excluding carboxylic acids is 2. The molecule has 2 rings (SSSR count). The second-order valence-corrected chi connectivity index (χ2v) is 5.05. The Labute approximate surface area is 124 Å². The van der Waals surface area contributed by atoms with E-state index < -0.39 is 17.5 Å². The largest absolute Gasteiger partial charge is 0.465 e. The van der Waals surface area contributed by atoms with Gasteiger partial charge in [0.25, 0.3) is 0 Å². The van der Waals surface area contributed by atoms with Crippen molar-refractivity contribution in [1.29, 1.82) is 0 Å². The summed E-state index contributed by atoms with van der Waals surface area (Å²) in [5, 5.41) is 0. The molecule has 0 radical (unpaired) electrons. The van der Waals surface area contributed by atoms with Crippen molar-refractivity contribution in [1.82, 2.24) is 0 Å². The minimum atomic E-state index is -0.961. The number of rotatable bonds is 4. The first-order valence-electron chi connectivity index (χ1n) is 7.18. The average Bonchev–Trinajstić information content (AvgIpc) is 2.48. The maximum Gasteiger partial charge on any atom is 0.320 e. The van der Waals surface area contributed by atoms with Crippen molar-refractivity contribution in [2.45, 2.75) is 38.2 Å².